The highest BCUT2D eigenvalue weighted by Gasteiger charge is 2.18. The highest BCUT2D eigenvalue weighted by atomic mass is 16.3. The number of rotatable bonds is 2. The maximum atomic E-state index is 9.30. The predicted molar refractivity (Wildman–Crippen MR) is 42.5 cm³/mol. The summed E-state index contributed by atoms with van der Waals surface area (Å²) in [5.41, 5.74) is 5.26. The second-order valence-corrected chi connectivity index (χ2v) is 2.70. The number of aliphatic hydroxyl groups excluding tert-OH is 1. The van der Waals surface area contributed by atoms with Crippen molar-refractivity contribution in [2.45, 2.75) is 12.6 Å². The molecule has 0 saturated carbocycles. The predicted octanol–water partition coefficient (Wildman–Crippen LogP) is -1.30. The lowest BCUT2D eigenvalue weighted by Crippen LogP contribution is -2.14. The van der Waals surface area contributed by atoms with Crippen molar-refractivity contribution < 1.29 is 5.11 Å². The first kappa shape index (κ1) is 7.51. The summed E-state index contributed by atoms with van der Waals surface area (Å²) < 4.78 is 1.73. The van der Waals surface area contributed by atoms with E-state index in [9.17, 15) is 5.11 Å². The Morgan fingerprint density at radius 1 is 1.75 bits per heavy atom. The number of nitrogens with two attached hydrogens (primary N) is 1. The SMILES string of the molecule is NCC(O)c1nc2n(n1)CCN2. The third-order valence-electron chi connectivity index (χ3n) is 1.82. The molecule has 1 atom stereocenters. The van der Waals surface area contributed by atoms with E-state index in [2.05, 4.69) is 15.4 Å². The second kappa shape index (κ2) is 2.72. The number of fused-ring (bicyclic) bond motifs is 1. The van der Waals surface area contributed by atoms with E-state index in [0.717, 1.165) is 19.0 Å². The van der Waals surface area contributed by atoms with Crippen LogP contribution < -0.4 is 11.1 Å². The van der Waals surface area contributed by atoms with Crippen LogP contribution in [0.4, 0.5) is 5.95 Å². The zero-order valence-corrected chi connectivity index (χ0v) is 6.56. The highest BCUT2D eigenvalue weighted by Crippen LogP contribution is 2.14. The molecule has 0 bridgehead atoms. The third kappa shape index (κ3) is 1.05. The van der Waals surface area contributed by atoms with Crippen molar-refractivity contribution in [3.63, 3.8) is 0 Å². The topological polar surface area (TPSA) is 89.0 Å². The summed E-state index contributed by atoms with van der Waals surface area (Å²) >= 11 is 0. The number of nitrogens with zero attached hydrogens (tertiary/aromatic N) is 3. The zero-order valence-electron chi connectivity index (χ0n) is 6.56. The van der Waals surface area contributed by atoms with E-state index in [1.54, 1.807) is 4.68 Å². The molecule has 1 aliphatic rings. The maximum absolute atomic E-state index is 9.30. The van der Waals surface area contributed by atoms with Crippen LogP contribution >= 0.6 is 0 Å². The Bertz CT molecular complexity index is 262. The molecular formula is C6H11N5O. The molecular weight excluding hydrogens is 158 g/mol. The van der Waals surface area contributed by atoms with E-state index in [-0.39, 0.29) is 6.54 Å². The van der Waals surface area contributed by atoms with Gasteiger partial charge in [0.15, 0.2) is 5.82 Å². The van der Waals surface area contributed by atoms with Gasteiger partial charge >= 0.3 is 0 Å². The summed E-state index contributed by atoms with van der Waals surface area (Å²) in [6, 6.07) is 0. The summed E-state index contributed by atoms with van der Waals surface area (Å²) in [6.07, 6.45) is -0.745. The van der Waals surface area contributed by atoms with Crippen LogP contribution in [-0.2, 0) is 6.54 Å². The third-order valence-corrected chi connectivity index (χ3v) is 1.82. The van der Waals surface area contributed by atoms with Crippen molar-refractivity contribution in [1.82, 2.24) is 14.8 Å². The minimum Gasteiger partial charge on any atom is -0.384 e. The standard InChI is InChI=1S/C6H11N5O/c7-3-4(12)5-9-6-8-1-2-11(6)10-5/h4,12H,1-3,7H2,(H,8,9,10). The van der Waals surface area contributed by atoms with Crippen molar-refractivity contribution in [2.75, 3.05) is 18.4 Å². The first-order valence-corrected chi connectivity index (χ1v) is 3.88. The van der Waals surface area contributed by atoms with Gasteiger partial charge < -0.3 is 16.2 Å². The number of nitrogens with one attached hydrogen (secondary N) is 1. The molecule has 2 heterocycles. The van der Waals surface area contributed by atoms with Crippen LogP contribution in [0.1, 0.15) is 11.9 Å². The molecule has 6 heteroatoms. The molecule has 0 aliphatic carbocycles. The molecule has 0 radical (unpaired) electrons. The summed E-state index contributed by atoms with van der Waals surface area (Å²) in [4.78, 5) is 4.07. The van der Waals surface area contributed by atoms with E-state index >= 15 is 0 Å². The van der Waals surface area contributed by atoms with Crippen molar-refractivity contribution in [3.8, 4) is 0 Å². The van der Waals surface area contributed by atoms with Gasteiger partial charge in [0.25, 0.3) is 0 Å². The fourth-order valence-electron chi connectivity index (χ4n) is 1.17. The quantitative estimate of drug-likeness (QED) is 0.512. The lowest BCUT2D eigenvalue weighted by molar-refractivity contribution is 0.176. The van der Waals surface area contributed by atoms with Gasteiger partial charge in [-0.1, -0.05) is 0 Å². The number of aliphatic hydroxyl groups is 1. The average molecular weight is 169 g/mol. The Morgan fingerprint density at radius 2 is 2.58 bits per heavy atom. The summed E-state index contributed by atoms with van der Waals surface area (Å²) in [6.45, 7) is 1.82. The maximum Gasteiger partial charge on any atom is 0.221 e. The number of aromatic nitrogens is 3. The lowest BCUT2D eigenvalue weighted by Gasteiger charge is -2.00. The van der Waals surface area contributed by atoms with Crippen LogP contribution in [0.5, 0.6) is 0 Å². The fraction of sp³-hybridized carbons (Fsp3) is 0.667. The molecule has 0 fully saturated rings. The van der Waals surface area contributed by atoms with Crippen molar-refractivity contribution in [1.29, 1.82) is 0 Å². The molecule has 4 N–H and O–H groups in total. The first-order chi connectivity index (χ1) is 5.81. The minimum absolute atomic E-state index is 0.156. The normalized spacial score (nSPS) is 17.2. The molecule has 6 nitrogen and oxygen atoms in total. The van der Waals surface area contributed by atoms with Gasteiger partial charge in [0.1, 0.15) is 6.10 Å². The van der Waals surface area contributed by atoms with Crippen LogP contribution in [0.2, 0.25) is 0 Å². The van der Waals surface area contributed by atoms with Gasteiger partial charge in [-0.2, -0.15) is 10.1 Å². The molecule has 1 aliphatic heterocycles. The largest absolute Gasteiger partial charge is 0.384 e. The number of hydrogen-bond acceptors (Lipinski definition) is 5. The molecule has 1 aromatic heterocycles. The van der Waals surface area contributed by atoms with E-state index in [1.165, 1.54) is 0 Å². The molecule has 0 aromatic carbocycles. The van der Waals surface area contributed by atoms with Gasteiger partial charge in [-0.3, -0.25) is 0 Å². The van der Waals surface area contributed by atoms with Crippen molar-refractivity contribution in [3.05, 3.63) is 5.82 Å². The van der Waals surface area contributed by atoms with Gasteiger partial charge in [0.2, 0.25) is 5.95 Å². The summed E-state index contributed by atoms with van der Waals surface area (Å²) in [7, 11) is 0. The van der Waals surface area contributed by atoms with Crippen LogP contribution in [0.3, 0.4) is 0 Å². The van der Waals surface area contributed by atoms with E-state index < -0.39 is 6.10 Å². The van der Waals surface area contributed by atoms with Gasteiger partial charge in [-0.25, -0.2) is 4.68 Å². The van der Waals surface area contributed by atoms with E-state index in [1.807, 2.05) is 0 Å². The van der Waals surface area contributed by atoms with Gasteiger partial charge in [0.05, 0.1) is 6.54 Å². The van der Waals surface area contributed by atoms with Crippen molar-refractivity contribution >= 4 is 5.95 Å². The molecule has 12 heavy (non-hydrogen) atoms. The van der Waals surface area contributed by atoms with Crippen LogP contribution in [-0.4, -0.2) is 33.0 Å². The van der Waals surface area contributed by atoms with Crippen LogP contribution in [0.15, 0.2) is 0 Å². The fourth-order valence-corrected chi connectivity index (χ4v) is 1.17. The molecule has 66 valence electrons. The monoisotopic (exact) mass is 169 g/mol. The molecule has 1 aromatic rings. The number of anilines is 1. The highest BCUT2D eigenvalue weighted by molar-refractivity contribution is 5.28. The Labute approximate surface area is 69.4 Å². The average Bonchev–Trinajstić information content (AvgIpc) is 2.60. The Hall–Kier alpha value is -1.14. The van der Waals surface area contributed by atoms with Gasteiger partial charge in [0, 0.05) is 13.1 Å². The lowest BCUT2D eigenvalue weighted by atomic mass is 10.3. The van der Waals surface area contributed by atoms with Crippen LogP contribution in [0, 0.1) is 0 Å². The Kier molecular flexibility index (Phi) is 1.70. The van der Waals surface area contributed by atoms with E-state index in [0.29, 0.717) is 5.82 Å². The Balaban J connectivity index is 2.25. The minimum atomic E-state index is -0.745. The van der Waals surface area contributed by atoms with Gasteiger partial charge in [-0.05, 0) is 0 Å². The summed E-state index contributed by atoms with van der Waals surface area (Å²) in [5, 5.41) is 16.4. The van der Waals surface area contributed by atoms with Crippen LogP contribution in [0.25, 0.3) is 0 Å². The molecule has 1 unspecified atom stereocenters. The smallest absolute Gasteiger partial charge is 0.221 e. The van der Waals surface area contributed by atoms with Gasteiger partial charge in [-0.15, -0.1) is 0 Å². The molecule has 0 amide bonds. The first-order valence-electron chi connectivity index (χ1n) is 3.88. The zero-order chi connectivity index (χ0) is 8.55. The summed E-state index contributed by atoms with van der Waals surface area (Å²) in [5.74, 6) is 1.12. The molecule has 0 saturated heterocycles. The van der Waals surface area contributed by atoms with E-state index in [4.69, 9.17) is 5.73 Å². The second-order valence-electron chi connectivity index (χ2n) is 2.70. The Morgan fingerprint density at radius 3 is 3.25 bits per heavy atom. The molecule has 0 spiro atoms. The number of hydrogen-bond donors (Lipinski definition) is 3. The van der Waals surface area contributed by atoms with Crippen molar-refractivity contribution in [2.24, 2.45) is 5.73 Å². The molecule has 2 rings (SSSR count).